The van der Waals surface area contributed by atoms with Crippen LogP contribution in [0.4, 0.5) is 5.69 Å². The third kappa shape index (κ3) is 1.99. The van der Waals surface area contributed by atoms with Crippen molar-refractivity contribution in [3.8, 4) is 0 Å². The van der Waals surface area contributed by atoms with E-state index in [9.17, 15) is 0 Å². The molecule has 2 rings (SSSR count). The van der Waals surface area contributed by atoms with Crippen molar-refractivity contribution in [2.75, 3.05) is 25.6 Å². The van der Waals surface area contributed by atoms with Gasteiger partial charge in [-0.25, -0.2) is 0 Å². The summed E-state index contributed by atoms with van der Waals surface area (Å²) in [5.41, 5.74) is 7.50. The molecule has 1 aliphatic rings. The summed E-state index contributed by atoms with van der Waals surface area (Å²) in [6.45, 7) is 2.02. The van der Waals surface area contributed by atoms with Crippen LogP contribution in [-0.4, -0.2) is 19.8 Å². The number of nitrogens with two attached hydrogens (primary N) is 1. The molecule has 1 saturated heterocycles. The van der Waals surface area contributed by atoms with Crippen LogP contribution in [0.25, 0.3) is 0 Å². The number of benzene rings is 1. The number of rotatable bonds is 1. The number of nitrogen functional groups attached to an aromatic ring is 1. The van der Waals surface area contributed by atoms with E-state index in [2.05, 4.69) is 0 Å². The van der Waals surface area contributed by atoms with Gasteiger partial charge < -0.3 is 15.2 Å². The molecule has 1 fully saturated rings. The quantitative estimate of drug-likeness (QED) is 0.662. The predicted octanol–water partition coefficient (Wildman–Crippen LogP) is 1.36. The molecule has 1 aliphatic heterocycles. The molecule has 0 radical (unpaired) electrons. The second-order valence-electron chi connectivity index (χ2n) is 3.10. The molecule has 1 atom stereocenters. The average molecular weight is 179 g/mol. The van der Waals surface area contributed by atoms with Crippen LogP contribution in [0.15, 0.2) is 24.3 Å². The molecule has 0 saturated carbocycles. The van der Waals surface area contributed by atoms with E-state index in [1.165, 1.54) is 0 Å². The molecule has 0 amide bonds. The van der Waals surface area contributed by atoms with E-state index in [1.54, 1.807) is 0 Å². The highest BCUT2D eigenvalue weighted by Crippen LogP contribution is 2.21. The molecular formula is C10H13NO2. The molecule has 0 bridgehead atoms. The van der Waals surface area contributed by atoms with E-state index in [1.807, 2.05) is 24.3 Å². The molecular weight excluding hydrogens is 166 g/mol. The predicted molar refractivity (Wildman–Crippen MR) is 50.4 cm³/mol. The summed E-state index contributed by atoms with van der Waals surface area (Å²) in [6.07, 6.45) is 0.0781. The molecule has 1 heterocycles. The van der Waals surface area contributed by atoms with Crippen LogP contribution < -0.4 is 5.73 Å². The lowest BCUT2D eigenvalue weighted by Gasteiger charge is -2.23. The van der Waals surface area contributed by atoms with Gasteiger partial charge in [-0.15, -0.1) is 0 Å². The van der Waals surface area contributed by atoms with Crippen molar-refractivity contribution in [2.24, 2.45) is 0 Å². The molecule has 70 valence electrons. The summed E-state index contributed by atoms with van der Waals surface area (Å²) in [5.74, 6) is 0. The van der Waals surface area contributed by atoms with Crippen LogP contribution in [0.2, 0.25) is 0 Å². The van der Waals surface area contributed by atoms with Crippen molar-refractivity contribution in [3.63, 3.8) is 0 Å². The first kappa shape index (κ1) is 8.53. The first-order chi connectivity index (χ1) is 6.36. The van der Waals surface area contributed by atoms with E-state index < -0.39 is 0 Å². The summed E-state index contributed by atoms with van der Waals surface area (Å²) >= 11 is 0. The molecule has 1 aromatic rings. The molecule has 0 unspecified atom stereocenters. The Balaban J connectivity index is 2.10. The molecule has 1 aromatic carbocycles. The van der Waals surface area contributed by atoms with Crippen LogP contribution in [0, 0.1) is 0 Å². The summed E-state index contributed by atoms with van der Waals surface area (Å²) in [6, 6.07) is 7.73. The highest BCUT2D eigenvalue weighted by atomic mass is 16.6. The second kappa shape index (κ2) is 3.77. The molecule has 3 heteroatoms. The minimum atomic E-state index is 0.0781. The maximum atomic E-state index is 5.58. The van der Waals surface area contributed by atoms with Crippen LogP contribution in [0.3, 0.4) is 0 Å². The van der Waals surface area contributed by atoms with Gasteiger partial charge in [0.15, 0.2) is 0 Å². The van der Waals surface area contributed by atoms with Crippen LogP contribution in [0.1, 0.15) is 11.7 Å². The Morgan fingerprint density at radius 1 is 1.15 bits per heavy atom. The molecule has 0 spiro atoms. The van der Waals surface area contributed by atoms with Crippen molar-refractivity contribution < 1.29 is 9.47 Å². The summed E-state index contributed by atoms with van der Waals surface area (Å²) in [4.78, 5) is 0. The van der Waals surface area contributed by atoms with E-state index in [-0.39, 0.29) is 6.10 Å². The van der Waals surface area contributed by atoms with Crippen molar-refractivity contribution >= 4 is 5.69 Å². The zero-order valence-corrected chi connectivity index (χ0v) is 7.40. The lowest BCUT2D eigenvalue weighted by atomic mass is 10.1. The number of hydrogen-bond donors (Lipinski definition) is 1. The maximum absolute atomic E-state index is 5.58. The normalized spacial score (nSPS) is 22.9. The van der Waals surface area contributed by atoms with Gasteiger partial charge in [-0.2, -0.15) is 0 Å². The van der Waals surface area contributed by atoms with E-state index >= 15 is 0 Å². The Bertz CT molecular complexity index is 265. The van der Waals surface area contributed by atoms with E-state index in [0.717, 1.165) is 11.3 Å². The SMILES string of the molecule is Nc1ccc([C@H]2COCCO2)cc1. The van der Waals surface area contributed by atoms with Gasteiger partial charge in [0.05, 0.1) is 19.8 Å². The lowest BCUT2D eigenvalue weighted by molar-refractivity contribution is -0.0901. The fraction of sp³-hybridized carbons (Fsp3) is 0.400. The van der Waals surface area contributed by atoms with Crippen molar-refractivity contribution in [1.82, 2.24) is 0 Å². The maximum Gasteiger partial charge on any atom is 0.106 e. The average Bonchev–Trinajstić information content (AvgIpc) is 2.20. The molecule has 0 aromatic heterocycles. The Morgan fingerprint density at radius 3 is 2.54 bits per heavy atom. The van der Waals surface area contributed by atoms with Crippen molar-refractivity contribution in [3.05, 3.63) is 29.8 Å². The van der Waals surface area contributed by atoms with Crippen LogP contribution >= 0.6 is 0 Å². The monoisotopic (exact) mass is 179 g/mol. The fourth-order valence-electron chi connectivity index (χ4n) is 1.39. The largest absolute Gasteiger partial charge is 0.399 e. The topological polar surface area (TPSA) is 44.5 Å². The number of anilines is 1. The smallest absolute Gasteiger partial charge is 0.106 e. The van der Waals surface area contributed by atoms with Gasteiger partial charge in [0.2, 0.25) is 0 Å². The van der Waals surface area contributed by atoms with Gasteiger partial charge in [-0.1, -0.05) is 12.1 Å². The van der Waals surface area contributed by atoms with Gasteiger partial charge in [0.1, 0.15) is 6.10 Å². The van der Waals surface area contributed by atoms with Gasteiger partial charge >= 0.3 is 0 Å². The standard InChI is InChI=1S/C10H13NO2/c11-9-3-1-8(2-4-9)10-7-12-5-6-13-10/h1-4,10H,5-7,11H2/t10-/m1/s1. The zero-order valence-electron chi connectivity index (χ0n) is 7.40. The molecule has 2 N–H and O–H groups in total. The third-order valence-electron chi connectivity index (χ3n) is 2.12. The van der Waals surface area contributed by atoms with Crippen LogP contribution in [0.5, 0.6) is 0 Å². The highest BCUT2D eigenvalue weighted by Gasteiger charge is 2.15. The summed E-state index contributed by atoms with van der Waals surface area (Å²) in [5, 5.41) is 0. The van der Waals surface area contributed by atoms with Crippen LogP contribution in [-0.2, 0) is 9.47 Å². The van der Waals surface area contributed by atoms with E-state index in [0.29, 0.717) is 19.8 Å². The fourth-order valence-corrected chi connectivity index (χ4v) is 1.39. The minimum absolute atomic E-state index is 0.0781. The van der Waals surface area contributed by atoms with Gasteiger partial charge in [0.25, 0.3) is 0 Å². The Labute approximate surface area is 77.5 Å². The summed E-state index contributed by atoms with van der Waals surface area (Å²) < 4.78 is 10.8. The molecule has 13 heavy (non-hydrogen) atoms. The van der Waals surface area contributed by atoms with Crippen molar-refractivity contribution in [1.29, 1.82) is 0 Å². The van der Waals surface area contributed by atoms with Gasteiger partial charge in [-0.3, -0.25) is 0 Å². The third-order valence-corrected chi connectivity index (χ3v) is 2.12. The highest BCUT2D eigenvalue weighted by molar-refractivity contribution is 5.39. The Morgan fingerprint density at radius 2 is 1.92 bits per heavy atom. The molecule has 0 aliphatic carbocycles. The summed E-state index contributed by atoms with van der Waals surface area (Å²) in [7, 11) is 0. The Kier molecular flexibility index (Phi) is 2.47. The first-order valence-corrected chi connectivity index (χ1v) is 4.41. The number of ether oxygens (including phenoxy) is 2. The zero-order chi connectivity index (χ0) is 9.10. The van der Waals surface area contributed by atoms with Crippen molar-refractivity contribution in [2.45, 2.75) is 6.10 Å². The lowest BCUT2D eigenvalue weighted by Crippen LogP contribution is -2.21. The van der Waals surface area contributed by atoms with E-state index in [4.69, 9.17) is 15.2 Å². The second-order valence-corrected chi connectivity index (χ2v) is 3.10. The minimum Gasteiger partial charge on any atom is -0.399 e. The van der Waals surface area contributed by atoms with Gasteiger partial charge in [-0.05, 0) is 17.7 Å². The van der Waals surface area contributed by atoms with Gasteiger partial charge in [0, 0.05) is 5.69 Å². The molecule has 3 nitrogen and oxygen atoms in total. The number of hydrogen-bond acceptors (Lipinski definition) is 3. The Hall–Kier alpha value is -1.06. The first-order valence-electron chi connectivity index (χ1n) is 4.41.